The average molecular weight is 283 g/mol. The van der Waals surface area contributed by atoms with E-state index < -0.39 is 15.8 Å². The van der Waals surface area contributed by atoms with Crippen molar-refractivity contribution in [2.45, 2.75) is 11.3 Å². The molecule has 1 aromatic heterocycles. The zero-order valence-electron chi connectivity index (χ0n) is 10.4. The predicted octanol–water partition coefficient (Wildman–Crippen LogP) is 1.08. The fraction of sp³-hybridized carbons (Fsp3) is 0.250. The molecule has 0 amide bonds. The van der Waals surface area contributed by atoms with Crippen molar-refractivity contribution >= 4 is 10.0 Å². The molecule has 2 rings (SSSR count). The molecule has 0 saturated carbocycles. The Kier molecular flexibility index (Phi) is 3.96. The summed E-state index contributed by atoms with van der Waals surface area (Å²) >= 11 is 0. The van der Waals surface area contributed by atoms with Gasteiger partial charge in [0, 0.05) is 26.2 Å². The Morgan fingerprint density at radius 3 is 2.58 bits per heavy atom. The fourth-order valence-electron chi connectivity index (χ4n) is 1.61. The highest BCUT2D eigenvalue weighted by Gasteiger charge is 2.13. The Morgan fingerprint density at radius 2 is 2.00 bits per heavy atom. The van der Waals surface area contributed by atoms with E-state index in [9.17, 15) is 12.8 Å². The third-order valence-electron chi connectivity index (χ3n) is 2.56. The van der Waals surface area contributed by atoms with E-state index in [1.807, 2.05) is 13.2 Å². The Labute approximate surface area is 111 Å². The number of aryl methyl sites for hydroxylation is 1. The van der Waals surface area contributed by atoms with Gasteiger partial charge in [0.15, 0.2) is 0 Å². The highest BCUT2D eigenvalue weighted by Crippen LogP contribution is 2.09. The first-order chi connectivity index (χ1) is 8.97. The van der Waals surface area contributed by atoms with Gasteiger partial charge in [-0.25, -0.2) is 22.5 Å². The molecule has 0 aliphatic heterocycles. The van der Waals surface area contributed by atoms with E-state index in [-0.39, 0.29) is 11.4 Å². The normalized spacial score (nSPS) is 11.7. The second-order valence-corrected chi connectivity index (χ2v) is 5.90. The van der Waals surface area contributed by atoms with Gasteiger partial charge in [0.05, 0.1) is 16.9 Å². The number of nitrogens with zero attached hydrogens (tertiary/aromatic N) is 2. The first kappa shape index (κ1) is 13.7. The number of sulfonamides is 1. The van der Waals surface area contributed by atoms with Gasteiger partial charge in [-0.1, -0.05) is 0 Å². The van der Waals surface area contributed by atoms with Crippen LogP contribution in [0, 0.1) is 5.82 Å². The molecule has 102 valence electrons. The van der Waals surface area contributed by atoms with Gasteiger partial charge in [-0.05, 0) is 24.3 Å². The van der Waals surface area contributed by atoms with Gasteiger partial charge in [-0.15, -0.1) is 0 Å². The summed E-state index contributed by atoms with van der Waals surface area (Å²) < 4.78 is 40.7. The number of aromatic nitrogens is 2. The summed E-state index contributed by atoms with van der Waals surface area (Å²) in [5.74, 6) is -0.465. The van der Waals surface area contributed by atoms with Crippen molar-refractivity contribution in [1.82, 2.24) is 14.3 Å². The third-order valence-corrected chi connectivity index (χ3v) is 4.03. The molecule has 0 aliphatic rings. The summed E-state index contributed by atoms with van der Waals surface area (Å²) in [6.45, 7) is 0.247. The number of rotatable bonds is 5. The first-order valence-corrected chi connectivity index (χ1v) is 7.18. The molecule has 1 N–H and O–H groups in total. The van der Waals surface area contributed by atoms with E-state index in [2.05, 4.69) is 9.71 Å². The average Bonchev–Trinajstić information content (AvgIpc) is 2.75. The van der Waals surface area contributed by atoms with Gasteiger partial charge in [-0.3, -0.25) is 0 Å². The lowest BCUT2D eigenvalue weighted by molar-refractivity contribution is 0.580. The van der Waals surface area contributed by atoms with Crippen LogP contribution in [-0.4, -0.2) is 24.5 Å². The lowest BCUT2D eigenvalue weighted by Gasteiger charge is -2.05. The summed E-state index contributed by atoms with van der Waals surface area (Å²) in [4.78, 5) is 4.15. The molecular weight excluding hydrogens is 269 g/mol. The van der Waals surface area contributed by atoms with Crippen LogP contribution in [0.3, 0.4) is 0 Å². The molecule has 0 bridgehead atoms. The topological polar surface area (TPSA) is 64.0 Å². The second kappa shape index (κ2) is 5.50. The van der Waals surface area contributed by atoms with Crippen LogP contribution < -0.4 is 4.72 Å². The first-order valence-electron chi connectivity index (χ1n) is 5.69. The van der Waals surface area contributed by atoms with E-state index in [4.69, 9.17) is 0 Å². The zero-order chi connectivity index (χ0) is 13.9. The van der Waals surface area contributed by atoms with Crippen LogP contribution in [0.4, 0.5) is 4.39 Å². The van der Waals surface area contributed by atoms with Gasteiger partial charge < -0.3 is 4.57 Å². The van der Waals surface area contributed by atoms with Gasteiger partial charge >= 0.3 is 0 Å². The molecule has 5 nitrogen and oxygen atoms in total. The minimum atomic E-state index is -3.59. The standard InChI is InChI=1S/C12H14FN3O2S/c1-16-8-11(14-9-16)6-7-15-19(17,18)12-4-2-10(13)3-5-12/h2-5,8-9,15H,6-7H2,1H3. The fourth-order valence-corrected chi connectivity index (χ4v) is 2.64. The van der Waals surface area contributed by atoms with E-state index in [1.54, 1.807) is 10.9 Å². The lowest BCUT2D eigenvalue weighted by Crippen LogP contribution is -2.26. The Morgan fingerprint density at radius 1 is 1.32 bits per heavy atom. The molecule has 0 saturated heterocycles. The summed E-state index contributed by atoms with van der Waals surface area (Å²) in [5.41, 5.74) is 0.810. The molecule has 0 aliphatic carbocycles. The van der Waals surface area contributed by atoms with Crippen molar-refractivity contribution in [2.75, 3.05) is 6.54 Å². The Hall–Kier alpha value is -1.73. The summed E-state index contributed by atoms with van der Waals surface area (Å²) in [6.07, 6.45) is 3.98. The molecular formula is C12H14FN3O2S. The Bertz CT molecular complexity index is 650. The van der Waals surface area contributed by atoms with Crippen LogP contribution in [0.1, 0.15) is 5.69 Å². The van der Waals surface area contributed by atoms with Crippen LogP contribution in [-0.2, 0) is 23.5 Å². The van der Waals surface area contributed by atoms with Crippen molar-refractivity contribution in [2.24, 2.45) is 7.05 Å². The molecule has 1 heterocycles. The number of imidazole rings is 1. The molecule has 0 spiro atoms. The minimum Gasteiger partial charge on any atom is -0.340 e. The van der Waals surface area contributed by atoms with Gasteiger partial charge in [0.1, 0.15) is 5.82 Å². The largest absolute Gasteiger partial charge is 0.340 e. The molecule has 0 radical (unpaired) electrons. The van der Waals surface area contributed by atoms with E-state index in [0.29, 0.717) is 6.42 Å². The number of hydrogen-bond acceptors (Lipinski definition) is 3. The van der Waals surface area contributed by atoms with Crippen LogP contribution in [0.2, 0.25) is 0 Å². The summed E-state index contributed by atoms with van der Waals surface area (Å²) in [5, 5.41) is 0. The molecule has 0 atom stereocenters. The second-order valence-electron chi connectivity index (χ2n) is 4.13. The van der Waals surface area contributed by atoms with Gasteiger partial charge in [-0.2, -0.15) is 0 Å². The lowest BCUT2D eigenvalue weighted by atomic mass is 10.3. The number of hydrogen-bond donors (Lipinski definition) is 1. The van der Waals surface area contributed by atoms with Gasteiger partial charge in [0.2, 0.25) is 10.0 Å². The molecule has 0 unspecified atom stereocenters. The van der Waals surface area contributed by atoms with Crippen molar-refractivity contribution in [3.63, 3.8) is 0 Å². The predicted molar refractivity (Wildman–Crippen MR) is 68.5 cm³/mol. The monoisotopic (exact) mass is 283 g/mol. The van der Waals surface area contributed by atoms with E-state index >= 15 is 0 Å². The van der Waals surface area contributed by atoms with Crippen LogP contribution >= 0.6 is 0 Å². The van der Waals surface area contributed by atoms with Gasteiger partial charge in [0.25, 0.3) is 0 Å². The molecule has 0 fully saturated rings. The van der Waals surface area contributed by atoms with Crippen molar-refractivity contribution < 1.29 is 12.8 Å². The smallest absolute Gasteiger partial charge is 0.240 e. The zero-order valence-corrected chi connectivity index (χ0v) is 11.2. The SMILES string of the molecule is Cn1cnc(CCNS(=O)(=O)c2ccc(F)cc2)c1. The maximum absolute atomic E-state index is 12.7. The molecule has 2 aromatic rings. The molecule has 19 heavy (non-hydrogen) atoms. The quantitative estimate of drug-likeness (QED) is 0.893. The maximum Gasteiger partial charge on any atom is 0.240 e. The minimum absolute atomic E-state index is 0.0509. The van der Waals surface area contributed by atoms with Crippen molar-refractivity contribution in [1.29, 1.82) is 0 Å². The van der Waals surface area contributed by atoms with Crippen LogP contribution in [0.5, 0.6) is 0 Å². The Balaban J connectivity index is 1.96. The van der Waals surface area contributed by atoms with E-state index in [0.717, 1.165) is 17.8 Å². The number of halogens is 1. The molecule has 1 aromatic carbocycles. The van der Waals surface area contributed by atoms with Crippen molar-refractivity contribution in [3.8, 4) is 0 Å². The summed E-state index contributed by atoms with van der Waals surface area (Å²) in [6, 6.07) is 4.71. The van der Waals surface area contributed by atoms with Crippen molar-refractivity contribution in [3.05, 3.63) is 48.3 Å². The third kappa shape index (κ3) is 3.62. The maximum atomic E-state index is 12.7. The van der Waals surface area contributed by atoms with Crippen LogP contribution in [0.15, 0.2) is 41.7 Å². The summed E-state index contributed by atoms with van der Waals surface area (Å²) in [7, 11) is -1.75. The van der Waals surface area contributed by atoms with Crippen LogP contribution in [0.25, 0.3) is 0 Å². The molecule has 7 heteroatoms. The van der Waals surface area contributed by atoms with E-state index in [1.165, 1.54) is 12.1 Å². The number of nitrogens with one attached hydrogen (secondary N) is 1. The highest BCUT2D eigenvalue weighted by atomic mass is 32.2. The number of benzene rings is 1. The highest BCUT2D eigenvalue weighted by molar-refractivity contribution is 7.89.